The Morgan fingerprint density at radius 1 is 1.42 bits per heavy atom. The van der Waals surface area contributed by atoms with Crippen molar-refractivity contribution in [3.63, 3.8) is 0 Å². The third kappa shape index (κ3) is 6.51. The molecule has 0 aromatic carbocycles. The molecular formula is C12H22N2O5. The third-order valence-electron chi connectivity index (χ3n) is 2.94. The third-order valence-corrected chi connectivity index (χ3v) is 2.94. The van der Waals surface area contributed by atoms with Crippen LogP contribution < -0.4 is 10.6 Å². The highest BCUT2D eigenvalue weighted by Crippen LogP contribution is 2.07. The number of carbonyl (C=O) groups excluding carboxylic acids is 1. The fourth-order valence-electron chi connectivity index (χ4n) is 1.89. The van der Waals surface area contributed by atoms with Crippen LogP contribution in [-0.4, -0.2) is 62.5 Å². The summed E-state index contributed by atoms with van der Waals surface area (Å²) in [5.74, 6) is -1.44. The number of hydrogen-bond acceptors (Lipinski definition) is 5. The van der Waals surface area contributed by atoms with Crippen LogP contribution in [0.2, 0.25) is 0 Å². The second-order valence-electron chi connectivity index (χ2n) is 4.48. The van der Waals surface area contributed by atoms with Crippen molar-refractivity contribution in [2.45, 2.75) is 31.4 Å². The number of carbonyl (C=O) groups is 2. The van der Waals surface area contributed by atoms with Crippen LogP contribution in [0.4, 0.5) is 0 Å². The quantitative estimate of drug-likeness (QED) is 0.545. The minimum atomic E-state index is -1.10. The first-order valence-electron chi connectivity index (χ1n) is 6.47. The predicted octanol–water partition coefficient (Wildman–Crippen LogP) is -0.639. The standard InChI is InChI=1S/C12H22N2O5/c1-18-8-10(12(16)17)14-11(15)4-7-19-9-2-5-13-6-3-9/h9-10,13H,2-8H2,1H3,(H,14,15)(H,16,17). The molecule has 1 amide bonds. The Hall–Kier alpha value is -1.18. The van der Waals surface area contributed by atoms with Crippen molar-refractivity contribution < 1.29 is 24.2 Å². The second-order valence-corrected chi connectivity index (χ2v) is 4.48. The van der Waals surface area contributed by atoms with E-state index in [1.54, 1.807) is 0 Å². The van der Waals surface area contributed by atoms with Crippen LogP contribution in [0.3, 0.4) is 0 Å². The second kappa shape index (κ2) is 8.84. The van der Waals surface area contributed by atoms with E-state index in [9.17, 15) is 9.59 Å². The predicted molar refractivity (Wildman–Crippen MR) is 67.9 cm³/mol. The van der Waals surface area contributed by atoms with Gasteiger partial charge in [0, 0.05) is 13.5 Å². The molecule has 110 valence electrons. The van der Waals surface area contributed by atoms with E-state index in [1.165, 1.54) is 7.11 Å². The number of piperidine rings is 1. The van der Waals surface area contributed by atoms with Gasteiger partial charge in [-0.3, -0.25) is 4.79 Å². The molecule has 1 rings (SSSR count). The van der Waals surface area contributed by atoms with Crippen LogP contribution in [0.25, 0.3) is 0 Å². The molecule has 0 aromatic rings. The zero-order valence-corrected chi connectivity index (χ0v) is 11.2. The minimum absolute atomic E-state index is 0.0454. The molecule has 7 heteroatoms. The van der Waals surface area contributed by atoms with Gasteiger partial charge in [0.2, 0.25) is 5.91 Å². The number of ether oxygens (including phenoxy) is 2. The van der Waals surface area contributed by atoms with Crippen LogP contribution in [0.1, 0.15) is 19.3 Å². The summed E-state index contributed by atoms with van der Waals surface area (Å²) in [6.07, 6.45) is 2.26. The summed E-state index contributed by atoms with van der Waals surface area (Å²) in [6.45, 7) is 2.14. The van der Waals surface area contributed by atoms with Gasteiger partial charge in [-0.15, -0.1) is 0 Å². The number of aliphatic carboxylic acids is 1. The Bertz CT molecular complexity index is 292. The van der Waals surface area contributed by atoms with E-state index >= 15 is 0 Å². The lowest BCUT2D eigenvalue weighted by molar-refractivity contribution is -0.143. The Balaban J connectivity index is 2.17. The van der Waals surface area contributed by atoms with Crippen LogP contribution in [0.5, 0.6) is 0 Å². The molecule has 0 radical (unpaired) electrons. The number of amides is 1. The number of methoxy groups -OCH3 is 1. The van der Waals surface area contributed by atoms with Gasteiger partial charge in [-0.1, -0.05) is 0 Å². The van der Waals surface area contributed by atoms with Crippen LogP contribution >= 0.6 is 0 Å². The number of nitrogens with one attached hydrogen (secondary N) is 2. The molecule has 3 N–H and O–H groups in total. The summed E-state index contributed by atoms with van der Waals surface area (Å²) in [7, 11) is 1.39. The molecule has 0 bridgehead atoms. The van der Waals surface area contributed by atoms with Crippen molar-refractivity contribution in [2.75, 3.05) is 33.4 Å². The summed E-state index contributed by atoms with van der Waals surface area (Å²) < 4.78 is 10.3. The van der Waals surface area contributed by atoms with Crippen LogP contribution in [0, 0.1) is 0 Å². The maximum Gasteiger partial charge on any atom is 0.328 e. The molecule has 7 nitrogen and oxygen atoms in total. The highest BCUT2D eigenvalue weighted by molar-refractivity contribution is 5.83. The molecule has 0 aliphatic carbocycles. The van der Waals surface area contributed by atoms with Crippen molar-refractivity contribution in [2.24, 2.45) is 0 Å². The van der Waals surface area contributed by atoms with Gasteiger partial charge in [0.15, 0.2) is 6.04 Å². The maximum absolute atomic E-state index is 11.6. The lowest BCUT2D eigenvalue weighted by atomic mass is 10.1. The average Bonchev–Trinajstić information content (AvgIpc) is 2.39. The van der Waals surface area contributed by atoms with Gasteiger partial charge < -0.3 is 25.2 Å². The van der Waals surface area contributed by atoms with Crippen molar-refractivity contribution in [3.8, 4) is 0 Å². The molecular weight excluding hydrogens is 252 g/mol. The molecule has 1 saturated heterocycles. The lowest BCUT2D eigenvalue weighted by Gasteiger charge is -2.23. The maximum atomic E-state index is 11.6. The Morgan fingerprint density at radius 3 is 2.68 bits per heavy atom. The number of rotatable bonds is 8. The van der Waals surface area contributed by atoms with Gasteiger partial charge in [-0.2, -0.15) is 0 Å². The van der Waals surface area contributed by atoms with E-state index in [0.29, 0.717) is 6.61 Å². The SMILES string of the molecule is COCC(NC(=O)CCOC1CCNCC1)C(=O)O. The van der Waals surface area contributed by atoms with E-state index in [4.69, 9.17) is 14.6 Å². The molecule has 1 aliphatic heterocycles. The van der Waals surface area contributed by atoms with E-state index in [1.807, 2.05) is 0 Å². The fraction of sp³-hybridized carbons (Fsp3) is 0.833. The van der Waals surface area contributed by atoms with Gasteiger partial charge in [0.1, 0.15) is 0 Å². The van der Waals surface area contributed by atoms with E-state index in [0.717, 1.165) is 25.9 Å². The highest BCUT2D eigenvalue weighted by Gasteiger charge is 2.20. The molecule has 19 heavy (non-hydrogen) atoms. The Morgan fingerprint density at radius 2 is 2.11 bits per heavy atom. The van der Waals surface area contributed by atoms with Crippen molar-refractivity contribution in [3.05, 3.63) is 0 Å². The van der Waals surface area contributed by atoms with Crippen LogP contribution in [-0.2, 0) is 19.1 Å². The smallest absolute Gasteiger partial charge is 0.328 e. The molecule has 1 atom stereocenters. The Labute approximate surface area is 112 Å². The lowest BCUT2D eigenvalue weighted by Crippen LogP contribution is -2.44. The Kier molecular flexibility index (Phi) is 7.39. The van der Waals surface area contributed by atoms with Gasteiger partial charge >= 0.3 is 5.97 Å². The normalized spacial score (nSPS) is 17.9. The molecule has 0 saturated carbocycles. The molecule has 0 aromatic heterocycles. The van der Waals surface area contributed by atoms with E-state index in [2.05, 4.69) is 10.6 Å². The highest BCUT2D eigenvalue weighted by atomic mass is 16.5. The first-order valence-corrected chi connectivity index (χ1v) is 6.47. The van der Waals surface area contributed by atoms with E-state index < -0.39 is 12.0 Å². The monoisotopic (exact) mass is 274 g/mol. The topological polar surface area (TPSA) is 96.9 Å². The average molecular weight is 274 g/mol. The number of carboxylic acids is 1. The first kappa shape index (κ1) is 15.9. The number of carboxylic acid groups (broad SMARTS) is 1. The van der Waals surface area contributed by atoms with Gasteiger partial charge in [-0.25, -0.2) is 4.79 Å². The van der Waals surface area contributed by atoms with Gasteiger partial charge in [0.25, 0.3) is 0 Å². The van der Waals surface area contributed by atoms with Gasteiger partial charge in [0.05, 0.1) is 19.3 Å². The largest absolute Gasteiger partial charge is 0.480 e. The molecule has 1 aliphatic rings. The summed E-state index contributed by atoms with van der Waals surface area (Å²) >= 11 is 0. The van der Waals surface area contributed by atoms with Crippen molar-refractivity contribution in [1.82, 2.24) is 10.6 Å². The molecule has 1 heterocycles. The van der Waals surface area contributed by atoms with Crippen LogP contribution in [0.15, 0.2) is 0 Å². The summed E-state index contributed by atoms with van der Waals surface area (Å²) in [6, 6.07) is -1.00. The first-order chi connectivity index (χ1) is 9.13. The summed E-state index contributed by atoms with van der Waals surface area (Å²) in [5.41, 5.74) is 0. The fourth-order valence-corrected chi connectivity index (χ4v) is 1.89. The van der Waals surface area contributed by atoms with Crippen molar-refractivity contribution >= 4 is 11.9 Å². The van der Waals surface area contributed by atoms with Crippen molar-refractivity contribution in [1.29, 1.82) is 0 Å². The molecule has 0 spiro atoms. The zero-order chi connectivity index (χ0) is 14.1. The minimum Gasteiger partial charge on any atom is -0.480 e. The summed E-state index contributed by atoms with van der Waals surface area (Å²) in [5, 5.41) is 14.5. The van der Waals surface area contributed by atoms with E-state index in [-0.39, 0.29) is 25.0 Å². The van der Waals surface area contributed by atoms with Gasteiger partial charge in [-0.05, 0) is 25.9 Å². The zero-order valence-electron chi connectivity index (χ0n) is 11.2. The summed E-state index contributed by atoms with van der Waals surface area (Å²) in [4.78, 5) is 22.4. The number of hydrogen-bond donors (Lipinski definition) is 3. The molecule has 1 unspecified atom stereocenters. The molecule has 1 fully saturated rings.